The molecule has 1 unspecified atom stereocenters. The lowest BCUT2D eigenvalue weighted by atomic mass is 9.79. The zero-order valence-electron chi connectivity index (χ0n) is 16.6. The first-order chi connectivity index (χ1) is 12.7. The van der Waals surface area contributed by atoms with Crippen molar-refractivity contribution in [2.75, 3.05) is 13.1 Å². The van der Waals surface area contributed by atoms with E-state index in [1.165, 1.54) is 0 Å². The zero-order valence-corrected chi connectivity index (χ0v) is 16.6. The number of amides is 1. The van der Waals surface area contributed by atoms with Crippen LogP contribution in [0.4, 0.5) is 0 Å². The average molecular weight is 364 g/mol. The molecule has 1 saturated heterocycles. The Kier molecular flexibility index (Phi) is 5.20. The number of piperidine rings is 1. The van der Waals surface area contributed by atoms with Gasteiger partial charge >= 0.3 is 0 Å². The Morgan fingerprint density at radius 1 is 1.04 bits per heavy atom. The number of hydrogen-bond acceptors (Lipinski definition) is 3. The summed E-state index contributed by atoms with van der Waals surface area (Å²) in [7, 11) is 0. The van der Waals surface area contributed by atoms with E-state index in [-0.39, 0.29) is 23.1 Å². The molecular weight excluding hydrogens is 336 g/mol. The van der Waals surface area contributed by atoms with Gasteiger partial charge < -0.3 is 10.6 Å². The summed E-state index contributed by atoms with van der Waals surface area (Å²) >= 11 is 0. The largest absolute Gasteiger partial charge is 0.338 e. The highest BCUT2D eigenvalue weighted by Crippen LogP contribution is 2.29. The van der Waals surface area contributed by atoms with Crippen LogP contribution in [-0.2, 0) is 0 Å². The number of rotatable bonds is 3. The molecule has 0 aliphatic carbocycles. The van der Waals surface area contributed by atoms with Gasteiger partial charge in [-0.25, -0.2) is 0 Å². The van der Waals surface area contributed by atoms with Gasteiger partial charge in [0.05, 0.1) is 5.56 Å². The minimum absolute atomic E-state index is 0.0777. The number of likely N-dealkylation sites (tertiary alicyclic amines) is 1. The molecule has 1 atom stereocenters. The molecule has 1 aliphatic heterocycles. The Balaban J connectivity index is 1.93. The molecule has 2 N–H and O–H groups in total. The summed E-state index contributed by atoms with van der Waals surface area (Å²) in [4.78, 5) is 28.1. The minimum Gasteiger partial charge on any atom is -0.338 e. The molecule has 1 amide bonds. The first-order valence-corrected chi connectivity index (χ1v) is 9.46. The van der Waals surface area contributed by atoms with Crippen molar-refractivity contribution in [1.29, 1.82) is 0 Å². The predicted octanol–water partition coefficient (Wildman–Crippen LogP) is 3.73. The van der Waals surface area contributed by atoms with E-state index in [1.54, 1.807) is 18.2 Å². The molecule has 3 rings (SSSR count). The fourth-order valence-corrected chi connectivity index (χ4v) is 3.62. The second-order valence-electron chi connectivity index (χ2n) is 8.28. The van der Waals surface area contributed by atoms with E-state index in [0.717, 1.165) is 17.5 Å². The van der Waals surface area contributed by atoms with Crippen LogP contribution >= 0.6 is 0 Å². The second-order valence-corrected chi connectivity index (χ2v) is 8.28. The van der Waals surface area contributed by atoms with Crippen LogP contribution < -0.4 is 5.73 Å². The lowest BCUT2D eigenvalue weighted by Crippen LogP contribution is -2.54. The van der Waals surface area contributed by atoms with Gasteiger partial charge in [0.2, 0.25) is 0 Å². The molecule has 142 valence electrons. The van der Waals surface area contributed by atoms with Gasteiger partial charge in [0.1, 0.15) is 0 Å². The number of ketones is 1. The summed E-state index contributed by atoms with van der Waals surface area (Å²) < 4.78 is 0. The summed E-state index contributed by atoms with van der Waals surface area (Å²) in [5.41, 5.74) is 9.80. The van der Waals surface area contributed by atoms with E-state index < -0.39 is 0 Å². The lowest BCUT2D eigenvalue weighted by molar-refractivity contribution is 0.0531. The third-order valence-electron chi connectivity index (χ3n) is 5.77. The van der Waals surface area contributed by atoms with Gasteiger partial charge in [-0.15, -0.1) is 0 Å². The topological polar surface area (TPSA) is 63.4 Å². The van der Waals surface area contributed by atoms with Crippen LogP contribution in [0.15, 0.2) is 42.5 Å². The van der Waals surface area contributed by atoms with Crippen LogP contribution in [0.2, 0.25) is 0 Å². The Bertz CT molecular complexity index is 886. The Labute approximate surface area is 161 Å². The summed E-state index contributed by atoms with van der Waals surface area (Å²) in [6.07, 6.45) is 0.770. The Morgan fingerprint density at radius 2 is 1.70 bits per heavy atom. The van der Waals surface area contributed by atoms with Gasteiger partial charge in [-0.3, -0.25) is 9.59 Å². The molecule has 0 aromatic heterocycles. The van der Waals surface area contributed by atoms with E-state index in [9.17, 15) is 9.59 Å². The third kappa shape index (κ3) is 3.81. The fourth-order valence-electron chi connectivity index (χ4n) is 3.62. The van der Waals surface area contributed by atoms with Gasteiger partial charge in [-0.05, 0) is 48.9 Å². The zero-order chi connectivity index (χ0) is 19.8. The average Bonchev–Trinajstić information content (AvgIpc) is 2.65. The summed E-state index contributed by atoms with van der Waals surface area (Å²) in [5, 5.41) is 0. The van der Waals surface area contributed by atoms with Crippen molar-refractivity contribution >= 4 is 11.7 Å². The number of benzene rings is 2. The summed E-state index contributed by atoms with van der Waals surface area (Å²) in [6.45, 7) is 9.40. The standard InChI is InChI=1S/C23H28N2O2/c1-15-9-10-17(13-16(15)2)21(26)18-7-5-6-8-19(18)22(27)25-12-11-20(24)23(3,4)14-25/h5-10,13,20H,11-12,14,24H2,1-4H3. The monoisotopic (exact) mass is 364 g/mol. The van der Waals surface area contributed by atoms with Gasteiger partial charge in [-0.2, -0.15) is 0 Å². The van der Waals surface area contributed by atoms with Gasteiger partial charge in [0.15, 0.2) is 5.78 Å². The smallest absolute Gasteiger partial charge is 0.254 e. The van der Waals surface area contributed by atoms with Crippen molar-refractivity contribution in [3.8, 4) is 0 Å². The van der Waals surface area contributed by atoms with Crippen molar-refractivity contribution in [1.82, 2.24) is 4.90 Å². The van der Waals surface area contributed by atoms with Crippen molar-refractivity contribution in [2.45, 2.75) is 40.2 Å². The molecular formula is C23H28N2O2. The maximum atomic E-state index is 13.2. The first-order valence-electron chi connectivity index (χ1n) is 9.46. The van der Waals surface area contributed by atoms with Crippen LogP contribution in [0.25, 0.3) is 0 Å². The Hall–Kier alpha value is -2.46. The van der Waals surface area contributed by atoms with Crippen LogP contribution in [0.1, 0.15) is 57.7 Å². The fraction of sp³-hybridized carbons (Fsp3) is 0.391. The molecule has 0 radical (unpaired) electrons. The van der Waals surface area contributed by atoms with Crippen molar-refractivity contribution in [3.05, 3.63) is 70.3 Å². The number of aryl methyl sites for hydroxylation is 2. The molecule has 1 heterocycles. The van der Waals surface area contributed by atoms with Gasteiger partial charge in [0, 0.05) is 30.3 Å². The molecule has 4 nitrogen and oxygen atoms in total. The summed E-state index contributed by atoms with van der Waals surface area (Å²) in [5.74, 6) is -0.210. The molecule has 2 aromatic carbocycles. The molecule has 0 bridgehead atoms. The first kappa shape index (κ1) is 19.3. The SMILES string of the molecule is Cc1ccc(C(=O)c2ccccc2C(=O)N2CCC(N)C(C)(C)C2)cc1C. The van der Waals surface area contributed by atoms with E-state index in [4.69, 9.17) is 5.73 Å². The quantitative estimate of drug-likeness (QED) is 0.844. The highest BCUT2D eigenvalue weighted by atomic mass is 16.2. The van der Waals surface area contributed by atoms with Crippen molar-refractivity contribution < 1.29 is 9.59 Å². The van der Waals surface area contributed by atoms with E-state index in [1.807, 2.05) is 43.0 Å². The highest BCUT2D eigenvalue weighted by Gasteiger charge is 2.36. The van der Waals surface area contributed by atoms with E-state index >= 15 is 0 Å². The number of nitrogens with zero attached hydrogens (tertiary/aromatic N) is 1. The van der Waals surface area contributed by atoms with Crippen LogP contribution in [0.3, 0.4) is 0 Å². The van der Waals surface area contributed by atoms with Crippen LogP contribution in [0, 0.1) is 19.3 Å². The molecule has 0 spiro atoms. The normalized spacial score (nSPS) is 19.0. The molecule has 2 aromatic rings. The van der Waals surface area contributed by atoms with Crippen molar-refractivity contribution in [2.24, 2.45) is 11.1 Å². The minimum atomic E-state index is -0.138. The van der Waals surface area contributed by atoms with E-state index in [0.29, 0.717) is 29.8 Å². The van der Waals surface area contributed by atoms with E-state index in [2.05, 4.69) is 13.8 Å². The predicted molar refractivity (Wildman–Crippen MR) is 108 cm³/mol. The van der Waals surface area contributed by atoms with Crippen LogP contribution in [-0.4, -0.2) is 35.7 Å². The lowest BCUT2D eigenvalue weighted by Gasteiger charge is -2.42. The molecule has 4 heteroatoms. The molecule has 0 saturated carbocycles. The number of hydrogen-bond donors (Lipinski definition) is 1. The maximum Gasteiger partial charge on any atom is 0.254 e. The number of nitrogens with two attached hydrogens (primary N) is 1. The van der Waals surface area contributed by atoms with Crippen LogP contribution in [0.5, 0.6) is 0 Å². The van der Waals surface area contributed by atoms with Crippen molar-refractivity contribution in [3.63, 3.8) is 0 Å². The number of carbonyl (C=O) groups is 2. The maximum absolute atomic E-state index is 13.2. The summed E-state index contributed by atoms with van der Waals surface area (Å²) in [6, 6.07) is 12.9. The molecule has 1 aliphatic rings. The highest BCUT2D eigenvalue weighted by molar-refractivity contribution is 6.15. The second kappa shape index (κ2) is 7.28. The molecule has 27 heavy (non-hydrogen) atoms. The Morgan fingerprint density at radius 3 is 2.33 bits per heavy atom. The van der Waals surface area contributed by atoms with Gasteiger partial charge in [-0.1, -0.05) is 44.2 Å². The van der Waals surface area contributed by atoms with Gasteiger partial charge in [0.25, 0.3) is 5.91 Å². The molecule has 1 fully saturated rings. The third-order valence-corrected chi connectivity index (χ3v) is 5.77. The number of carbonyl (C=O) groups excluding carboxylic acids is 2.